The molecule has 1 aliphatic rings. The van der Waals surface area contributed by atoms with Gasteiger partial charge in [-0.2, -0.15) is 0 Å². The quantitative estimate of drug-likeness (QED) is 0.654. The van der Waals surface area contributed by atoms with Gasteiger partial charge in [-0.15, -0.1) is 0 Å². The van der Waals surface area contributed by atoms with Crippen molar-refractivity contribution in [3.63, 3.8) is 0 Å². The van der Waals surface area contributed by atoms with E-state index in [1.54, 1.807) is 27.2 Å². The van der Waals surface area contributed by atoms with Crippen molar-refractivity contribution >= 4 is 34.2 Å². The van der Waals surface area contributed by atoms with E-state index in [1.807, 2.05) is 18.2 Å². The number of pyridine rings is 1. The number of aryl methyl sites for hydroxylation is 1. The van der Waals surface area contributed by atoms with Gasteiger partial charge in [0.15, 0.2) is 5.13 Å². The molecule has 0 atom stereocenters. The maximum Gasteiger partial charge on any atom is 0.265 e. The Hall–Kier alpha value is -3.40. The minimum absolute atomic E-state index is 0.150. The Bertz CT molecular complexity index is 1110. The van der Waals surface area contributed by atoms with E-state index in [0.29, 0.717) is 38.6 Å². The zero-order valence-electron chi connectivity index (χ0n) is 17.6. The molecule has 1 N–H and O–H groups in total. The van der Waals surface area contributed by atoms with Gasteiger partial charge in [0.25, 0.3) is 11.8 Å². The minimum atomic E-state index is -0.397. The second kappa shape index (κ2) is 8.76. The van der Waals surface area contributed by atoms with Crippen molar-refractivity contribution in [1.82, 2.24) is 24.8 Å². The van der Waals surface area contributed by atoms with E-state index in [4.69, 9.17) is 0 Å². The minimum Gasteiger partial charge on any atom is -0.344 e. The molecule has 0 bridgehead atoms. The van der Waals surface area contributed by atoms with Crippen LogP contribution in [-0.4, -0.2) is 63.8 Å². The van der Waals surface area contributed by atoms with Crippen LogP contribution in [0.3, 0.4) is 0 Å². The van der Waals surface area contributed by atoms with Crippen molar-refractivity contribution < 1.29 is 9.59 Å². The molecule has 0 spiro atoms. The summed E-state index contributed by atoms with van der Waals surface area (Å²) in [6.45, 7) is 3.54. The molecular formula is C21H23N7O2S. The van der Waals surface area contributed by atoms with Gasteiger partial charge in [0.2, 0.25) is 5.95 Å². The SMILES string of the molecule is Cc1nc(NC(=O)c2cnc(N3CCCC3)nc2-c2ccccn2)sc1C(=O)N(C)C. The number of nitrogens with one attached hydrogen (secondary N) is 1. The molecule has 0 unspecified atom stereocenters. The number of nitrogens with zero attached hydrogens (tertiary/aromatic N) is 6. The van der Waals surface area contributed by atoms with Crippen molar-refractivity contribution in [1.29, 1.82) is 0 Å². The van der Waals surface area contributed by atoms with E-state index in [0.717, 1.165) is 37.3 Å². The van der Waals surface area contributed by atoms with Gasteiger partial charge < -0.3 is 9.80 Å². The van der Waals surface area contributed by atoms with Crippen LogP contribution in [-0.2, 0) is 0 Å². The number of amides is 2. The molecule has 2 amide bonds. The van der Waals surface area contributed by atoms with E-state index in [1.165, 1.54) is 11.1 Å². The Morgan fingerprint density at radius 3 is 2.58 bits per heavy atom. The third-order valence-corrected chi connectivity index (χ3v) is 6.00. The predicted molar refractivity (Wildman–Crippen MR) is 120 cm³/mol. The standard InChI is InChI=1S/C21H23N7O2S/c1-13-17(19(30)27(2)3)31-21(24-13)26-18(29)14-12-23-20(28-10-6-7-11-28)25-16(14)15-8-4-5-9-22-15/h4-5,8-9,12H,6-7,10-11H2,1-3H3,(H,24,26,29). The van der Waals surface area contributed by atoms with Crippen molar-refractivity contribution in [2.45, 2.75) is 19.8 Å². The van der Waals surface area contributed by atoms with Crippen molar-refractivity contribution in [2.75, 3.05) is 37.4 Å². The van der Waals surface area contributed by atoms with Gasteiger partial charge in [-0.05, 0) is 31.9 Å². The van der Waals surface area contributed by atoms with Crippen LogP contribution in [0.1, 0.15) is 38.6 Å². The molecule has 0 aliphatic carbocycles. The molecule has 160 valence electrons. The summed E-state index contributed by atoms with van der Waals surface area (Å²) in [6.07, 6.45) is 5.40. The molecule has 3 aromatic heterocycles. The highest BCUT2D eigenvalue weighted by molar-refractivity contribution is 7.17. The maximum absolute atomic E-state index is 13.1. The lowest BCUT2D eigenvalue weighted by Crippen LogP contribution is -2.22. The number of hydrogen-bond acceptors (Lipinski definition) is 8. The molecule has 1 aliphatic heterocycles. The van der Waals surface area contributed by atoms with Crippen LogP contribution >= 0.6 is 11.3 Å². The first-order chi connectivity index (χ1) is 14.9. The number of hydrogen-bond donors (Lipinski definition) is 1. The van der Waals surface area contributed by atoms with Gasteiger partial charge in [0, 0.05) is 39.6 Å². The van der Waals surface area contributed by atoms with Crippen LogP contribution in [0.2, 0.25) is 0 Å². The number of aromatic nitrogens is 4. The van der Waals surface area contributed by atoms with Gasteiger partial charge in [-0.1, -0.05) is 17.4 Å². The highest BCUT2D eigenvalue weighted by Gasteiger charge is 2.23. The molecule has 4 heterocycles. The van der Waals surface area contributed by atoms with Crippen molar-refractivity contribution in [3.05, 3.63) is 46.7 Å². The summed E-state index contributed by atoms with van der Waals surface area (Å²) in [7, 11) is 3.36. The summed E-state index contributed by atoms with van der Waals surface area (Å²) >= 11 is 1.15. The van der Waals surface area contributed by atoms with Crippen LogP contribution in [0, 0.1) is 6.92 Å². The highest BCUT2D eigenvalue weighted by atomic mass is 32.1. The molecule has 31 heavy (non-hydrogen) atoms. The maximum atomic E-state index is 13.1. The Labute approximate surface area is 184 Å². The van der Waals surface area contributed by atoms with Crippen molar-refractivity contribution in [2.24, 2.45) is 0 Å². The zero-order valence-corrected chi connectivity index (χ0v) is 18.4. The summed E-state index contributed by atoms with van der Waals surface area (Å²) in [4.78, 5) is 47.3. The average molecular weight is 438 g/mol. The average Bonchev–Trinajstić information content (AvgIpc) is 3.43. The van der Waals surface area contributed by atoms with E-state index in [-0.39, 0.29) is 5.91 Å². The van der Waals surface area contributed by atoms with E-state index < -0.39 is 5.91 Å². The van der Waals surface area contributed by atoms with Gasteiger partial charge in [0.05, 0.1) is 17.0 Å². The molecule has 0 saturated carbocycles. The molecule has 9 nitrogen and oxygen atoms in total. The van der Waals surface area contributed by atoms with Gasteiger partial charge in [0.1, 0.15) is 10.6 Å². The first-order valence-electron chi connectivity index (χ1n) is 9.98. The first-order valence-corrected chi connectivity index (χ1v) is 10.8. The summed E-state index contributed by atoms with van der Waals surface area (Å²) in [6, 6.07) is 5.48. The molecular weight excluding hydrogens is 414 g/mol. The lowest BCUT2D eigenvalue weighted by atomic mass is 10.1. The van der Waals surface area contributed by atoms with E-state index in [2.05, 4.69) is 30.2 Å². The monoisotopic (exact) mass is 437 g/mol. The lowest BCUT2D eigenvalue weighted by molar-refractivity contribution is 0.0831. The number of carbonyl (C=O) groups is 2. The Balaban J connectivity index is 1.66. The smallest absolute Gasteiger partial charge is 0.265 e. The van der Waals surface area contributed by atoms with E-state index in [9.17, 15) is 9.59 Å². The second-order valence-electron chi connectivity index (χ2n) is 7.43. The molecule has 0 aromatic carbocycles. The summed E-state index contributed by atoms with van der Waals surface area (Å²) in [5.74, 6) is 0.0489. The predicted octanol–water partition coefficient (Wildman–Crippen LogP) is 2.86. The molecule has 0 radical (unpaired) electrons. The number of anilines is 2. The second-order valence-corrected chi connectivity index (χ2v) is 8.43. The Kier molecular flexibility index (Phi) is 5.90. The molecule has 1 saturated heterocycles. The van der Waals surface area contributed by atoms with E-state index >= 15 is 0 Å². The highest BCUT2D eigenvalue weighted by Crippen LogP contribution is 2.27. The summed E-state index contributed by atoms with van der Waals surface area (Å²) in [5.41, 5.74) is 1.93. The van der Waals surface area contributed by atoms with Crippen LogP contribution in [0.25, 0.3) is 11.4 Å². The summed E-state index contributed by atoms with van der Waals surface area (Å²) < 4.78 is 0. The fourth-order valence-corrected chi connectivity index (χ4v) is 4.31. The third-order valence-electron chi connectivity index (χ3n) is 4.93. The van der Waals surface area contributed by atoms with Crippen LogP contribution < -0.4 is 10.2 Å². The number of rotatable bonds is 5. The van der Waals surface area contributed by atoms with Gasteiger partial charge in [-0.25, -0.2) is 15.0 Å². The molecule has 4 rings (SSSR count). The molecule has 3 aromatic rings. The Morgan fingerprint density at radius 2 is 1.90 bits per heavy atom. The first kappa shape index (κ1) is 20.9. The van der Waals surface area contributed by atoms with Crippen molar-refractivity contribution in [3.8, 4) is 11.4 Å². The molecule has 1 fully saturated rings. The Morgan fingerprint density at radius 1 is 1.13 bits per heavy atom. The molecule has 10 heteroatoms. The van der Waals surface area contributed by atoms with Gasteiger partial charge in [-0.3, -0.25) is 19.9 Å². The number of thiazole rings is 1. The fraction of sp³-hybridized carbons (Fsp3) is 0.333. The largest absolute Gasteiger partial charge is 0.344 e. The zero-order chi connectivity index (χ0) is 22.0. The topological polar surface area (TPSA) is 104 Å². The lowest BCUT2D eigenvalue weighted by Gasteiger charge is -2.17. The van der Waals surface area contributed by atoms with Crippen LogP contribution in [0.15, 0.2) is 30.6 Å². The fourth-order valence-electron chi connectivity index (χ4n) is 3.32. The third kappa shape index (κ3) is 4.38. The summed E-state index contributed by atoms with van der Waals surface area (Å²) in [5, 5.41) is 3.14. The number of carbonyl (C=O) groups excluding carboxylic acids is 2. The van der Waals surface area contributed by atoms with Gasteiger partial charge >= 0.3 is 0 Å². The normalized spacial score (nSPS) is 13.3. The van der Waals surface area contributed by atoms with Crippen LogP contribution in [0.5, 0.6) is 0 Å². The van der Waals surface area contributed by atoms with Crippen LogP contribution in [0.4, 0.5) is 11.1 Å².